The van der Waals surface area contributed by atoms with Crippen LogP contribution in [0.4, 0.5) is 0 Å². The Kier molecular flexibility index (Phi) is 4.92. The summed E-state index contributed by atoms with van der Waals surface area (Å²) < 4.78 is 6.81. The second kappa shape index (κ2) is 6.68. The van der Waals surface area contributed by atoms with Gasteiger partial charge >= 0.3 is 5.97 Å². The quantitative estimate of drug-likeness (QED) is 0.640. The monoisotopic (exact) mass is 296 g/mol. The Bertz CT molecular complexity index is 516. The molecule has 1 fully saturated rings. The van der Waals surface area contributed by atoms with Gasteiger partial charge in [-0.2, -0.15) is 5.10 Å². The van der Waals surface area contributed by atoms with Crippen LogP contribution in [0.3, 0.4) is 0 Å². The summed E-state index contributed by atoms with van der Waals surface area (Å²) in [6.07, 6.45) is 3.01. The summed E-state index contributed by atoms with van der Waals surface area (Å²) in [5.41, 5.74) is 0.442. The Morgan fingerprint density at radius 1 is 1.57 bits per heavy atom. The van der Waals surface area contributed by atoms with Crippen LogP contribution in [0.15, 0.2) is 12.4 Å². The fourth-order valence-corrected chi connectivity index (χ4v) is 2.40. The highest BCUT2D eigenvalue weighted by molar-refractivity contribution is 5.86. The van der Waals surface area contributed by atoms with Crippen LogP contribution in [0, 0.1) is 5.92 Å². The lowest BCUT2D eigenvalue weighted by Gasteiger charge is -2.20. The number of hydrogen-bond acceptors (Lipinski definition) is 5. The van der Waals surface area contributed by atoms with Gasteiger partial charge in [0.2, 0.25) is 5.91 Å². The first-order valence-electron chi connectivity index (χ1n) is 6.85. The normalized spacial score (nSPS) is 23.0. The molecule has 3 atom stereocenters. The Hall–Kier alpha value is -1.93. The number of carboxylic acid groups (broad SMARTS) is 1. The van der Waals surface area contributed by atoms with Gasteiger partial charge < -0.3 is 20.5 Å². The largest absolute Gasteiger partial charge is 0.479 e. The maximum Gasteiger partial charge on any atom is 0.331 e. The van der Waals surface area contributed by atoms with Crippen molar-refractivity contribution in [1.29, 1.82) is 0 Å². The number of hydrogen-bond donors (Lipinski definition) is 3. The minimum Gasteiger partial charge on any atom is -0.479 e. The number of aryl methyl sites for hydroxylation is 1. The Morgan fingerprint density at radius 3 is 2.90 bits per heavy atom. The molecule has 0 radical (unpaired) electrons. The Labute approximate surface area is 122 Å². The number of aliphatic carboxylic acids is 1. The van der Waals surface area contributed by atoms with E-state index in [-0.39, 0.29) is 17.9 Å². The summed E-state index contributed by atoms with van der Waals surface area (Å²) in [4.78, 5) is 23.7. The van der Waals surface area contributed by atoms with Crippen molar-refractivity contribution in [1.82, 2.24) is 20.4 Å². The molecule has 1 aliphatic heterocycles. The summed E-state index contributed by atoms with van der Waals surface area (Å²) in [5.74, 6) is -1.83. The van der Waals surface area contributed by atoms with E-state index in [0.29, 0.717) is 18.8 Å². The topological polar surface area (TPSA) is 105 Å². The molecule has 0 spiro atoms. The zero-order valence-corrected chi connectivity index (χ0v) is 12.1. The van der Waals surface area contributed by atoms with Gasteiger partial charge in [-0.3, -0.25) is 9.48 Å². The van der Waals surface area contributed by atoms with Crippen molar-refractivity contribution in [3.8, 4) is 0 Å². The summed E-state index contributed by atoms with van der Waals surface area (Å²) in [6, 6.07) is -1.19. The number of carbonyl (C=O) groups excluding carboxylic acids is 1. The number of ether oxygens (including phenoxy) is 1. The Morgan fingerprint density at radius 2 is 2.33 bits per heavy atom. The van der Waals surface area contributed by atoms with Gasteiger partial charge in [-0.25, -0.2) is 4.79 Å². The van der Waals surface area contributed by atoms with E-state index in [2.05, 4.69) is 15.7 Å². The van der Waals surface area contributed by atoms with Gasteiger partial charge in [0.1, 0.15) is 0 Å². The molecule has 1 aromatic rings. The van der Waals surface area contributed by atoms with Crippen LogP contribution in [0.1, 0.15) is 18.5 Å². The van der Waals surface area contributed by atoms with Gasteiger partial charge in [-0.05, 0) is 6.54 Å². The zero-order valence-electron chi connectivity index (χ0n) is 12.1. The highest BCUT2D eigenvalue weighted by Crippen LogP contribution is 2.17. The van der Waals surface area contributed by atoms with Crippen molar-refractivity contribution in [2.24, 2.45) is 13.0 Å². The van der Waals surface area contributed by atoms with E-state index >= 15 is 0 Å². The maximum absolute atomic E-state index is 12.3. The fourth-order valence-electron chi connectivity index (χ4n) is 2.40. The minimum atomic E-state index is -1.12. The van der Waals surface area contributed by atoms with Crippen LogP contribution in [0.5, 0.6) is 0 Å². The molecule has 8 nitrogen and oxygen atoms in total. The SMILES string of the molecule is CCNC1COCC1C(=O)NC(C(=O)O)c1cnn(C)c1. The van der Waals surface area contributed by atoms with E-state index in [9.17, 15) is 14.7 Å². The van der Waals surface area contributed by atoms with Crippen LogP contribution < -0.4 is 10.6 Å². The number of carbonyl (C=O) groups is 2. The standard InChI is InChI=1S/C13H20N4O4/c1-3-14-10-7-21-6-9(10)12(18)16-11(13(19)20)8-4-15-17(2)5-8/h4-5,9-11,14H,3,6-7H2,1-2H3,(H,16,18)(H,19,20). The van der Waals surface area contributed by atoms with Gasteiger partial charge in [0.25, 0.3) is 0 Å². The molecule has 1 amide bonds. The molecule has 8 heteroatoms. The highest BCUT2D eigenvalue weighted by Gasteiger charge is 2.35. The lowest BCUT2D eigenvalue weighted by molar-refractivity contribution is -0.142. The lowest BCUT2D eigenvalue weighted by Crippen LogP contribution is -2.46. The van der Waals surface area contributed by atoms with Crippen molar-refractivity contribution < 1.29 is 19.4 Å². The van der Waals surface area contributed by atoms with Crippen molar-refractivity contribution in [2.45, 2.75) is 19.0 Å². The first-order chi connectivity index (χ1) is 10.0. The average molecular weight is 296 g/mol. The number of carboxylic acids is 1. The highest BCUT2D eigenvalue weighted by atomic mass is 16.5. The predicted octanol–water partition coefficient (Wildman–Crippen LogP) is -0.713. The van der Waals surface area contributed by atoms with Crippen molar-refractivity contribution in [2.75, 3.05) is 19.8 Å². The summed E-state index contributed by atoms with van der Waals surface area (Å²) >= 11 is 0. The van der Waals surface area contributed by atoms with Crippen LogP contribution in [-0.4, -0.2) is 52.6 Å². The first kappa shape index (κ1) is 15.5. The molecule has 21 heavy (non-hydrogen) atoms. The van der Waals surface area contributed by atoms with Crippen molar-refractivity contribution in [3.63, 3.8) is 0 Å². The molecule has 1 aliphatic rings. The predicted molar refractivity (Wildman–Crippen MR) is 73.5 cm³/mol. The zero-order chi connectivity index (χ0) is 15.4. The molecule has 1 aromatic heterocycles. The van der Waals surface area contributed by atoms with Crippen LogP contribution in [0.25, 0.3) is 0 Å². The molecule has 116 valence electrons. The van der Waals surface area contributed by atoms with Gasteiger partial charge in [0.05, 0.1) is 25.3 Å². The molecule has 3 unspecified atom stereocenters. The second-order valence-electron chi connectivity index (χ2n) is 5.04. The van der Waals surface area contributed by atoms with Gasteiger partial charge in [0.15, 0.2) is 6.04 Å². The average Bonchev–Trinajstić information content (AvgIpc) is 3.05. The molecule has 2 rings (SSSR count). The molecule has 0 aromatic carbocycles. The van der Waals surface area contributed by atoms with E-state index in [1.807, 2.05) is 6.92 Å². The summed E-state index contributed by atoms with van der Waals surface area (Å²) in [6.45, 7) is 3.42. The van der Waals surface area contributed by atoms with Gasteiger partial charge in [-0.1, -0.05) is 6.92 Å². The number of amides is 1. The number of aromatic nitrogens is 2. The van der Waals surface area contributed by atoms with E-state index in [1.54, 1.807) is 13.2 Å². The number of nitrogens with one attached hydrogen (secondary N) is 2. The minimum absolute atomic E-state index is 0.0849. The molecular weight excluding hydrogens is 276 g/mol. The molecule has 0 saturated carbocycles. The second-order valence-corrected chi connectivity index (χ2v) is 5.04. The molecule has 2 heterocycles. The number of likely N-dealkylation sites (N-methyl/N-ethyl adjacent to an activating group) is 1. The lowest BCUT2D eigenvalue weighted by atomic mass is 10.0. The number of rotatable bonds is 6. The van der Waals surface area contributed by atoms with E-state index in [0.717, 1.165) is 6.54 Å². The molecular formula is C13H20N4O4. The summed E-state index contributed by atoms with van der Waals surface area (Å²) in [5, 5.41) is 19.0. The van der Waals surface area contributed by atoms with Crippen molar-refractivity contribution in [3.05, 3.63) is 18.0 Å². The molecule has 0 aliphatic carbocycles. The summed E-state index contributed by atoms with van der Waals surface area (Å²) in [7, 11) is 1.69. The molecule has 3 N–H and O–H groups in total. The van der Waals surface area contributed by atoms with E-state index < -0.39 is 12.0 Å². The smallest absolute Gasteiger partial charge is 0.331 e. The Balaban J connectivity index is 2.06. The van der Waals surface area contributed by atoms with Crippen molar-refractivity contribution >= 4 is 11.9 Å². The third kappa shape index (κ3) is 3.59. The third-order valence-corrected chi connectivity index (χ3v) is 3.48. The maximum atomic E-state index is 12.3. The van der Waals surface area contributed by atoms with Crippen LogP contribution in [-0.2, 0) is 21.4 Å². The fraction of sp³-hybridized carbons (Fsp3) is 0.615. The van der Waals surface area contributed by atoms with E-state index in [1.165, 1.54) is 10.9 Å². The van der Waals surface area contributed by atoms with Crippen LogP contribution in [0.2, 0.25) is 0 Å². The first-order valence-corrected chi connectivity index (χ1v) is 6.85. The number of nitrogens with zero attached hydrogens (tertiary/aromatic N) is 2. The molecule has 0 bridgehead atoms. The third-order valence-electron chi connectivity index (χ3n) is 3.48. The van der Waals surface area contributed by atoms with E-state index in [4.69, 9.17) is 4.74 Å². The van der Waals surface area contributed by atoms with Gasteiger partial charge in [0, 0.05) is 24.8 Å². The van der Waals surface area contributed by atoms with Gasteiger partial charge in [-0.15, -0.1) is 0 Å². The van der Waals surface area contributed by atoms with Crippen LogP contribution >= 0.6 is 0 Å². The molecule has 1 saturated heterocycles.